The predicted octanol–water partition coefficient (Wildman–Crippen LogP) is 4.66. The number of rotatable bonds is 3. The molecular formula is C18H16Br2NO+. The number of para-hydroxylation sites is 1. The third-order valence-corrected chi connectivity index (χ3v) is 4.00. The van der Waals surface area contributed by atoms with Crippen LogP contribution in [0.3, 0.4) is 0 Å². The standard InChI is InChI=1S/C18H15BrNO.BrH/c1-13-10-15-4-2-3-5-17(15)20(11-13)12-18(21)14-6-8-16(19)9-7-14;/h2-11H,12H2,1H3;1H/q+1;. The summed E-state index contributed by atoms with van der Waals surface area (Å²) in [7, 11) is 0. The van der Waals surface area contributed by atoms with Crippen LogP contribution in [0.2, 0.25) is 0 Å². The van der Waals surface area contributed by atoms with Gasteiger partial charge in [-0.25, -0.2) is 0 Å². The Balaban J connectivity index is 0.00000176. The number of benzene rings is 2. The van der Waals surface area contributed by atoms with Crippen molar-refractivity contribution in [3.05, 3.63) is 76.4 Å². The molecule has 22 heavy (non-hydrogen) atoms. The summed E-state index contributed by atoms with van der Waals surface area (Å²) in [6.07, 6.45) is 2.03. The Kier molecular flexibility index (Phi) is 5.48. The normalized spacial score (nSPS) is 10.3. The number of hydrogen-bond donors (Lipinski definition) is 0. The van der Waals surface area contributed by atoms with Crippen LogP contribution in [0.25, 0.3) is 10.9 Å². The molecule has 0 atom stereocenters. The average molecular weight is 422 g/mol. The monoisotopic (exact) mass is 420 g/mol. The van der Waals surface area contributed by atoms with Crippen LogP contribution in [0, 0.1) is 6.92 Å². The van der Waals surface area contributed by atoms with E-state index in [1.807, 2.05) is 60.2 Å². The second-order valence-electron chi connectivity index (χ2n) is 5.13. The van der Waals surface area contributed by atoms with Gasteiger partial charge in [-0.2, -0.15) is 4.57 Å². The highest BCUT2D eigenvalue weighted by Gasteiger charge is 2.15. The molecule has 2 aromatic carbocycles. The molecule has 0 fully saturated rings. The van der Waals surface area contributed by atoms with Gasteiger partial charge in [-0.3, -0.25) is 4.79 Å². The number of Topliss-reactive ketones (excluding diaryl/α,β-unsaturated/α-hetero) is 1. The van der Waals surface area contributed by atoms with Crippen LogP contribution in [0.15, 0.2) is 65.3 Å². The molecule has 4 heteroatoms. The molecule has 0 radical (unpaired) electrons. The number of halogens is 2. The summed E-state index contributed by atoms with van der Waals surface area (Å²) in [5.41, 5.74) is 2.96. The van der Waals surface area contributed by atoms with Gasteiger partial charge in [0, 0.05) is 27.1 Å². The fourth-order valence-corrected chi connectivity index (χ4v) is 2.75. The number of nitrogens with zero attached hydrogens (tertiary/aromatic N) is 1. The highest BCUT2D eigenvalue weighted by Crippen LogP contribution is 2.13. The van der Waals surface area contributed by atoms with E-state index in [4.69, 9.17) is 0 Å². The Labute approximate surface area is 148 Å². The molecule has 0 bridgehead atoms. The molecule has 112 valence electrons. The van der Waals surface area contributed by atoms with Crippen molar-refractivity contribution in [3.63, 3.8) is 0 Å². The lowest BCUT2D eigenvalue weighted by molar-refractivity contribution is -0.657. The third kappa shape index (κ3) is 3.62. The van der Waals surface area contributed by atoms with E-state index in [1.54, 1.807) is 0 Å². The van der Waals surface area contributed by atoms with E-state index in [-0.39, 0.29) is 22.8 Å². The summed E-state index contributed by atoms with van der Waals surface area (Å²) in [4.78, 5) is 12.4. The quantitative estimate of drug-likeness (QED) is 0.445. The maximum Gasteiger partial charge on any atom is 0.227 e. The van der Waals surface area contributed by atoms with Gasteiger partial charge < -0.3 is 0 Å². The zero-order chi connectivity index (χ0) is 14.8. The largest absolute Gasteiger partial charge is 0.287 e. The summed E-state index contributed by atoms with van der Waals surface area (Å²) in [5.74, 6) is 0.114. The molecule has 0 aliphatic heterocycles. The van der Waals surface area contributed by atoms with E-state index >= 15 is 0 Å². The van der Waals surface area contributed by atoms with Crippen molar-refractivity contribution in [1.29, 1.82) is 0 Å². The van der Waals surface area contributed by atoms with Gasteiger partial charge >= 0.3 is 0 Å². The van der Waals surface area contributed by atoms with Crippen LogP contribution in [0.5, 0.6) is 0 Å². The van der Waals surface area contributed by atoms with Crippen molar-refractivity contribution in [2.45, 2.75) is 13.5 Å². The molecule has 1 heterocycles. The molecule has 0 unspecified atom stereocenters. The summed E-state index contributed by atoms with van der Waals surface area (Å²) in [6, 6.07) is 17.8. The van der Waals surface area contributed by atoms with Gasteiger partial charge in [-0.05, 0) is 31.2 Å². The minimum absolute atomic E-state index is 0. The molecule has 0 saturated carbocycles. The zero-order valence-corrected chi connectivity index (χ0v) is 15.4. The number of carbonyl (C=O) groups excluding carboxylic acids is 1. The lowest BCUT2D eigenvalue weighted by Crippen LogP contribution is -2.38. The van der Waals surface area contributed by atoms with Crippen LogP contribution in [0.1, 0.15) is 15.9 Å². The zero-order valence-electron chi connectivity index (χ0n) is 12.1. The fraction of sp³-hybridized carbons (Fsp3) is 0.111. The van der Waals surface area contributed by atoms with Gasteiger partial charge in [0.05, 0.1) is 0 Å². The highest BCUT2D eigenvalue weighted by atomic mass is 79.9. The molecule has 3 rings (SSSR count). The smallest absolute Gasteiger partial charge is 0.227 e. The Bertz CT molecular complexity index is 813. The highest BCUT2D eigenvalue weighted by molar-refractivity contribution is 9.10. The van der Waals surface area contributed by atoms with Crippen molar-refractivity contribution in [2.75, 3.05) is 0 Å². The van der Waals surface area contributed by atoms with Crippen molar-refractivity contribution in [3.8, 4) is 0 Å². The molecule has 0 aliphatic carbocycles. The van der Waals surface area contributed by atoms with E-state index in [9.17, 15) is 4.79 Å². The van der Waals surface area contributed by atoms with Crippen molar-refractivity contribution < 1.29 is 9.36 Å². The van der Waals surface area contributed by atoms with Crippen LogP contribution >= 0.6 is 32.9 Å². The van der Waals surface area contributed by atoms with Crippen LogP contribution in [0.4, 0.5) is 0 Å². The number of pyridine rings is 1. The summed E-state index contributed by atoms with van der Waals surface area (Å²) in [5, 5.41) is 1.15. The molecule has 0 spiro atoms. The SMILES string of the molecule is Br.Cc1cc2ccccc2[n+](CC(=O)c2ccc(Br)cc2)c1. The second-order valence-corrected chi connectivity index (χ2v) is 6.05. The number of carbonyl (C=O) groups is 1. The molecule has 0 N–H and O–H groups in total. The fourth-order valence-electron chi connectivity index (χ4n) is 2.48. The maximum atomic E-state index is 12.4. The lowest BCUT2D eigenvalue weighted by Gasteiger charge is -2.03. The van der Waals surface area contributed by atoms with Crippen molar-refractivity contribution in [1.82, 2.24) is 0 Å². The van der Waals surface area contributed by atoms with E-state index in [0.717, 1.165) is 26.5 Å². The lowest BCUT2D eigenvalue weighted by atomic mass is 10.1. The number of fused-ring (bicyclic) bond motifs is 1. The Morgan fingerprint density at radius 3 is 2.50 bits per heavy atom. The summed E-state index contributed by atoms with van der Waals surface area (Å²) in [6.45, 7) is 2.40. The molecule has 0 aliphatic rings. The Morgan fingerprint density at radius 1 is 1.09 bits per heavy atom. The van der Waals surface area contributed by atoms with Gasteiger partial charge in [-0.15, -0.1) is 17.0 Å². The summed E-state index contributed by atoms with van der Waals surface area (Å²) >= 11 is 3.39. The first kappa shape index (κ1) is 16.8. The number of aromatic nitrogens is 1. The molecular weight excluding hydrogens is 406 g/mol. The van der Waals surface area contributed by atoms with Crippen molar-refractivity contribution >= 4 is 49.6 Å². The first-order chi connectivity index (χ1) is 10.1. The number of aryl methyl sites for hydroxylation is 1. The minimum Gasteiger partial charge on any atom is -0.287 e. The topological polar surface area (TPSA) is 20.9 Å². The van der Waals surface area contributed by atoms with Gasteiger partial charge in [-0.1, -0.05) is 40.2 Å². The molecule has 2 nitrogen and oxygen atoms in total. The van der Waals surface area contributed by atoms with Gasteiger partial charge in [0.1, 0.15) is 0 Å². The van der Waals surface area contributed by atoms with Crippen LogP contribution in [-0.2, 0) is 6.54 Å². The second kappa shape index (κ2) is 7.16. The van der Waals surface area contributed by atoms with Gasteiger partial charge in [0.25, 0.3) is 0 Å². The third-order valence-electron chi connectivity index (χ3n) is 3.47. The predicted molar refractivity (Wildman–Crippen MR) is 97.7 cm³/mol. The molecule has 0 saturated heterocycles. The van der Waals surface area contributed by atoms with E-state index < -0.39 is 0 Å². The Morgan fingerprint density at radius 2 is 1.77 bits per heavy atom. The summed E-state index contributed by atoms with van der Waals surface area (Å²) < 4.78 is 3.00. The average Bonchev–Trinajstić information content (AvgIpc) is 2.47. The first-order valence-corrected chi connectivity index (χ1v) is 7.60. The van der Waals surface area contributed by atoms with Gasteiger partial charge in [0.15, 0.2) is 6.20 Å². The minimum atomic E-state index is 0. The van der Waals surface area contributed by atoms with Crippen molar-refractivity contribution in [2.24, 2.45) is 0 Å². The molecule has 0 amide bonds. The Hall–Kier alpha value is -1.52. The number of hydrogen-bond acceptors (Lipinski definition) is 1. The van der Waals surface area contributed by atoms with Crippen LogP contribution < -0.4 is 4.57 Å². The van der Waals surface area contributed by atoms with Gasteiger partial charge in [0.2, 0.25) is 17.8 Å². The first-order valence-electron chi connectivity index (χ1n) is 6.81. The van der Waals surface area contributed by atoms with Crippen LogP contribution in [-0.4, -0.2) is 5.78 Å². The number of ketones is 1. The van der Waals surface area contributed by atoms with E-state index in [2.05, 4.69) is 28.1 Å². The molecule has 1 aromatic heterocycles. The molecule has 3 aromatic rings. The maximum absolute atomic E-state index is 12.4. The van der Waals surface area contributed by atoms with E-state index in [1.165, 1.54) is 0 Å². The van der Waals surface area contributed by atoms with E-state index in [0.29, 0.717) is 6.54 Å².